The molecule has 0 saturated carbocycles. The minimum Gasteiger partial charge on any atom is -0.465 e. The van der Waals surface area contributed by atoms with Crippen LogP contribution in [0.3, 0.4) is 0 Å². The van der Waals surface area contributed by atoms with Crippen molar-refractivity contribution in [3.05, 3.63) is 24.3 Å². The maximum atomic E-state index is 14.0. The molecule has 33 heavy (non-hydrogen) atoms. The topological polar surface area (TPSA) is 96.4 Å². The number of cyclic esters (lactones) is 1. The van der Waals surface area contributed by atoms with Crippen LogP contribution in [0.1, 0.15) is 52.9 Å². The highest BCUT2D eigenvalue weighted by molar-refractivity contribution is 5.99. The number of aliphatic hydroxyl groups is 1. The molecule has 2 saturated heterocycles. The van der Waals surface area contributed by atoms with Gasteiger partial charge in [0.05, 0.1) is 30.8 Å². The number of allylic oxidation sites excluding steroid dienone is 1. The highest BCUT2D eigenvalue weighted by Crippen LogP contribution is 2.57. The lowest BCUT2D eigenvalue weighted by Crippen LogP contribution is -2.58. The van der Waals surface area contributed by atoms with E-state index in [1.54, 1.807) is 4.90 Å². The minimum atomic E-state index is -1.29. The normalized spacial score (nSPS) is 37.9. The largest absolute Gasteiger partial charge is 0.465 e. The Morgan fingerprint density at radius 1 is 1.15 bits per heavy atom. The van der Waals surface area contributed by atoms with Gasteiger partial charge in [-0.05, 0) is 32.6 Å². The number of hydrogen-bond acceptors (Lipinski definition) is 6. The number of esters is 1. The van der Waals surface area contributed by atoms with Crippen molar-refractivity contribution >= 4 is 17.8 Å². The first kappa shape index (κ1) is 24.0. The Bertz CT molecular complexity index is 852. The average Bonchev–Trinajstić information content (AvgIpc) is 3.14. The maximum absolute atomic E-state index is 14.0. The molecular weight excluding hydrogens is 424 g/mol. The van der Waals surface area contributed by atoms with E-state index in [-0.39, 0.29) is 25.0 Å². The molecule has 6 atom stereocenters. The van der Waals surface area contributed by atoms with Crippen LogP contribution >= 0.6 is 0 Å². The van der Waals surface area contributed by atoms with Crippen molar-refractivity contribution < 1.29 is 29.0 Å². The van der Waals surface area contributed by atoms with Crippen LogP contribution < -0.4 is 0 Å². The van der Waals surface area contributed by atoms with E-state index < -0.39 is 41.1 Å². The summed E-state index contributed by atoms with van der Waals surface area (Å²) in [7, 11) is 0. The first-order chi connectivity index (χ1) is 15.8. The van der Waals surface area contributed by atoms with Crippen LogP contribution in [-0.4, -0.2) is 82.3 Å². The Morgan fingerprint density at radius 3 is 2.64 bits per heavy atom. The van der Waals surface area contributed by atoms with Gasteiger partial charge >= 0.3 is 5.97 Å². The molecule has 4 aliphatic heterocycles. The molecular formula is C25H36N2O6. The van der Waals surface area contributed by atoms with Crippen molar-refractivity contribution in [1.29, 1.82) is 0 Å². The van der Waals surface area contributed by atoms with Crippen LogP contribution in [0.25, 0.3) is 0 Å². The van der Waals surface area contributed by atoms with Crippen LogP contribution in [0.4, 0.5) is 0 Å². The number of unbranched alkanes of at least 4 members (excludes halogenated alkanes) is 1. The predicted octanol–water partition coefficient (Wildman–Crippen LogP) is 1.82. The van der Waals surface area contributed by atoms with Gasteiger partial charge in [0.2, 0.25) is 11.8 Å². The van der Waals surface area contributed by atoms with E-state index in [1.165, 1.54) is 4.90 Å². The summed E-state index contributed by atoms with van der Waals surface area (Å²) in [5, 5.41) is 10.1. The summed E-state index contributed by atoms with van der Waals surface area (Å²) in [6, 6.07) is -1.47. The van der Waals surface area contributed by atoms with E-state index in [0.717, 1.165) is 19.3 Å². The highest BCUT2D eigenvalue weighted by Gasteiger charge is 2.75. The third-order valence-corrected chi connectivity index (χ3v) is 7.63. The number of amides is 2. The fourth-order valence-corrected chi connectivity index (χ4v) is 5.98. The van der Waals surface area contributed by atoms with Gasteiger partial charge in [0.1, 0.15) is 17.6 Å². The molecule has 0 aromatic carbocycles. The van der Waals surface area contributed by atoms with Crippen molar-refractivity contribution in [2.24, 2.45) is 11.8 Å². The minimum absolute atomic E-state index is 0.191. The molecule has 0 aromatic rings. The summed E-state index contributed by atoms with van der Waals surface area (Å²) in [6.45, 7) is 6.78. The molecule has 0 bridgehead atoms. The van der Waals surface area contributed by atoms with Crippen LogP contribution in [0, 0.1) is 11.8 Å². The zero-order valence-electron chi connectivity index (χ0n) is 19.9. The summed E-state index contributed by atoms with van der Waals surface area (Å²) in [5.74, 6) is -2.75. The van der Waals surface area contributed by atoms with Crippen molar-refractivity contribution in [2.45, 2.75) is 76.2 Å². The Morgan fingerprint density at radius 2 is 1.94 bits per heavy atom. The zero-order chi connectivity index (χ0) is 23.8. The second-order valence-electron chi connectivity index (χ2n) is 9.74. The van der Waals surface area contributed by atoms with E-state index in [0.29, 0.717) is 25.9 Å². The predicted molar refractivity (Wildman–Crippen MR) is 121 cm³/mol. The number of carbonyl (C=O) groups excluding carboxylic acids is 3. The number of carbonyl (C=O) groups is 3. The van der Waals surface area contributed by atoms with E-state index in [4.69, 9.17) is 9.47 Å². The van der Waals surface area contributed by atoms with Crippen molar-refractivity contribution in [1.82, 2.24) is 9.80 Å². The van der Waals surface area contributed by atoms with Crippen molar-refractivity contribution in [2.75, 3.05) is 26.3 Å². The van der Waals surface area contributed by atoms with Crippen molar-refractivity contribution in [3.63, 3.8) is 0 Å². The highest BCUT2D eigenvalue weighted by atomic mass is 16.6. The lowest BCUT2D eigenvalue weighted by atomic mass is 9.74. The molecule has 8 heteroatoms. The molecule has 4 heterocycles. The lowest BCUT2D eigenvalue weighted by Gasteiger charge is -2.40. The maximum Gasteiger partial charge on any atom is 0.313 e. The first-order valence-electron chi connectivity index (χ1n) is 12.3. The Hall–Kier alpha value is -2.19. The van der Waals surface area contributed by atoms with Gasteiger partial charge in [0.25, 0.3) is 0 Å². The van der Waals surface area contributed by atoms with Crippen LogP contribution in [0.5, 0.6) is 0 Å². The molecule has 2 amide bonds. The SMILES string of the molecule is CCCCN1CC=C[C@]23O[C@@]4(C)/C=C\CCCOC(=O)[C@H]4[C@H]2C(=O)N([C@@H](CC)CO)C3C1=O. The summed E-state index contributed by atoms with van der Waals surface area (Å²) in [4.78, 5) is 44.5. The fourth-order valence-electron chi connectivity index (χ4n) is 5.98. The van der Waals surface area contributed by atoms with Crippen LogP contribution in [0.15, 0.2) is 24.3 Å². The first-order valence-corrected chi connectivity index (χ1v) is 12.3. The monoisotopic (exact) mass is 460 g/mol. The van der Waals surface area contributed by atoms with Crippen LogP contribution in [0.2, 0.25) is 0 Å². The molecule has 4 aliphatic rings. The summed E-state index contributed by atoms with van der Waals surface area (Å²) in [5.41, 5.74) is -2.37. The van der Waals surface area contributed by atoms with E-state index in [2.05, 4.69) is 6.92 Å². The Kier molecular flexibility index (Phi) is 6.69. The van der Waals surface area contributed by atoms with Crippen molar-refractivity contribution in [3.8, 4) is 0 Å². The third kappa shape index (κ3) is 3.71. The lowest BCUT2D eigenvalue weighted by molar-refractivity contribution is -0.161. The van der Waals surface area contributed by atoms with Crippen LogP contribution in [-0.2, 0) is 23.9 Å². The Labute approximate surface area is 195 Å². The van der Waals surface area contributed by atoms with Gasteiger partial charge in [-0.3, -0.25) is 14.4 Å². The summed E-state index contributed by atoms with van der Waals surface area (Å²) in [6.07, 6.45) is 11.3. The number of nitrogens with zero attached hydrogens (tertiary/aromatic N) is 2. The number of hydrogen-bond donors (Lipinski definition) is 1. The van der Waals surface area contributed by atoms with Gasteiger partial charge in [-0.15, -0.1) is 0 Å². The number of likely N-dealkylation sites (tertiary alicyclic amines) is 1. The van der Waals surface area contributed by atoms with E-state index in [1.807, 2.05) is 38.2 Å². The number of aliphatic hydroxyl groups excluding tert-OH is 1. The molecule has 182 valence electrons. The molecule has 8 nitrogen and oxygen atoms in total. The van der Waals surface area contributed by atoms with Gasteiger partial charge in [0, 0.05) is 13.1 Å². The standard InChI is InChI=1S/C25H36N2O6/c1-4-6-13-26-14-10-12-25-18(21(29)27(17(5-2)16-28)20(25)22(26)30)19-23(31)32-15-9-7-8-11-24(19,3)33-25/h8,10-12,17-20,28H,4-7,9,13-16H2,1-3H3/b11-8-/t17-,18-,19+,20?,24-,25-/m0/s1. The average molecular weight is 461 g/mol. The second kappa shape index (κ2) is 9.22. The molecule has 1 N–H and O–H groups in total. The molecule has 4 rings (SSSR count). The molecule has 2 fully saturated rings. The molecule has 1 unspecified atom stereocenters. The molecule has 0 aromatic heterocycles. The van der Waals surface area contributed by atoms with Gasteiger partial charge in [-0.2, -0.15) is 0 Å². The van der Waals surface area contributed by atoms with Gasteiger partial charge in [-0.1, -0.05) is 44.6 Å². The molecule has 0 aliphatic carbocycles. The van der Waals surface area contributed by atoms with E-state index in [9.17, 15) is 19.5 Å². The number of rotatable bonds is 6. The second-order valence-corrected chi connectivity index (χ2v) is 9.74. The molecule has 1 spiro atoms. The van der Waals surface area contributed by atoms with Gasteiger partial charge in [0.15, 0.2) is 0 Å². The summed E-state index contributed by atoms with van der Waals surface area (Å²) >= 11 is 0. The fraction of sp³-hybridized carbons (Fsp3) is 0.720. The Balaban J connectivity index is 1.86. The number of fused-ring (bicyclic) bond motifs is 2. The van der Waals surface area contributed by atoms with E-state index >= 15 is 0 Å². The van der Waals surface area contributed by atoms with Gasteiger partial charge < -0.3 is 24.4 Å². The third-order valence-electron chi connectivity index (χ3n) is 7.63. The quantitative estimate of drug-likeness (QED) is 0.480. The summed E-state index contributed by atoms with van der Waals surface area (Å²) < 4.78 is 12.3. The zero-order valence-corrected chi connectivity index (χ0v) is 19.9. The molecule has 0 radical (unpaired) electrons. The smallest absolute Gasteiger partial charge is 0.313 e. The number of ether oxygens (including phenoxy) is 2. The van der Waals surface area contributed by atoms with Gasteiger partial charge in [-0.25, -0.2) is 0 Å².